The van der Waals surface area contributed by atoms with E-state index in [1.165, 1.54) is 12.1 Å². The molecule has 1 atom stereocenters. The molecule has 2 rings (SSSR count). The van der Waals surface area contributed by atoms with Gasteiger partial charge in [-0.3, -0.25) is 4.79 Å². The highest BCUT2D eigenvalue weighted by molar-refractivity contribution is 6.32. The van der Waals surface area contributed by atoms with Crippen LogP contribution in [0.25, 0.3) is 0 Å². The molecule has 0 fully saturated rings. The van der Waals surface area contributed by atoms with E-state index in [0.29, 0.717) is 12.0 Å². The second-order valence-corrected chi connectivity index (χ2v) is 4.91. The molecular formula is C14H15Cl2FN4O2. The second kappa shape index (κ2) is 8.05. The summed E-state index contributed by atoms with van der Waals surface area (Å²) < 4.78 is 19.8. The van der Waals surface area contributed by atoms with Crippen LogP contribution in [0.5, 0.6) is 11.6 Å². The number of aromatic nitrogens is 2. The average Bonchev–Trinajstić information content (AvgIpc) is 2.51. The van der Waals surface area contributed by atoms with Crippen molar-refractivity contribution >= 4 is 29.9 Å². The molecule has 0 saturated carbocycles. The van der Waals surface area contributed by atoms with Gasteiger partial charge >= 0.3 is 0 Å². The number of nitrogens with two attached hydrogens (primary N) is 2. The van der Waals surface area contributed by atoms with Gasteiger partial charge in [0.15, 0.2) is 11.6 Å². The van der Waals surface area contributed by atoms with Gasteiger partial charge in [-0.1, -0.05) is 24.6 Å². The van der Waals surface area contributed by atoms with Crippen molar-refractivity contribution in [1.82, 2.24) is 9.97 Å². The molecule has 1 aromatic carbocycles. The third-order valence-electron chi connectivity index (χ3n) is 3.01. The monoisotopic (exact) mass is 360 g/mol. The molecule has 4 N–H and O–H groups in total. The van der Waals surface area contributed by atoms with Crippen molar-refractivity contribution in [3.8, 4) is 11.6 Å². The van der Waals surface area contributed by atoms with Crippen LogP contribution in [0.3, 0.4) is 0 Å². The van der Waals surface area contributed by atoms with Gasteiger partial charge < -0.3 is 16.2 Å². The number of hydrogen-bond donors (Lipinski definition) is 2. The predicted octanol–water partition coefficient (Wildman–Crippen LogP) is 2.99. The van der Waals surface area contributed by atoms with Crippen LogP contribution in [-0.4, -0.2) is 15.9 Å². The summed E-state index contributed by atoms with van der Waals surface area (Å²) in [7, 11) is 0. The SMILES string of the molecule is CC[C@@H](N)c1ccc(Cl)c(Oc2cnc(C(N)=O)cn2)c1F.Cl. The fraction of sp³-hybridized carbons (Fsp3) is 0.214. The summed E-state index contributed by atoms with van der Waals surface area (Å²) in [4.78, 5) is 18.5. The number of carbonyl (C=O) groups is 1. The Hall–Kier alpha value is -1.96. The highest BCUT2D eigenvalue weighted by Crippen LogP contribution is 2.35. The molecule has 0 aliphatic carbocycles. The van der Waals surface area contributed by atoms with Crippen molar-refractivity contribution in [3.05, 3.63) is 46.6 Å². The summed E-state index contributed by atoms with van der Waals surface area (Å²) in [6.07, 6.45) is 2.85. The van der Waals surface area contributed by atoms with E-state index in [0.717, 1.165) is 12.4 Å². The number of benzene rings is 1. The first-order valence-electron chi connectivity index (χ1n) is 6.47. The topological polar surface area (TPSA) is 104 Å². The van der Waals surface area contributed by atoms with Crippen molar-refractivity contribution in [2.75, 3.05) is 0 Å². The summed E-state index contributed by atoms with van der Waals surface area (Å²) in [5.41, 5.74) is 11.2. The van der Waals surface area contributed by atoms with Gasteiger partial charge in [0, 0.05) is 11.6 Å². The average molecular weight is 361 g/mol. The summed E-state index contributed by atoms with van der Waals surface area (Å²) in [5, 5.41) is 0.0744. The smallest absolute Gasteiger partial charge is 0.268 e. The van der Waals surface area contributed by atoms with E-state index < -0.39 is 17.8 Å². The van der Waals surface area contributed by atoms with E-state index in [4.69, 9.17) is 27.8 Å². The number of carbonyl (C=O) groups excluding carboxylic acids is 1. The number of primary amides is 1. The summed E-state index contributed by atoms with van der Waals surface area (Å²) >= 11 is 5.95. The number of nitrogens with zero attached hydrogens (tertiary/aromatic N) is 2. The standard InChI is InChI=1S/C14H14ClFN4O2.ClH/c1-2-9(17)7-3-4-8(15)13(12(7)16)22-11-6-19-10(5-20-11)14(18)21;/h3-6,9H,2,17H2,1H3,(H2,18,21);1H/t9-;/m1./s1. The van der Waals surface area contributed by atoms with Gasteiger partial charge in [0.05, 0.1) is 17.4 Å². The molecule has 1 heterocycles. The highest BCUT2D eigenvalue weighted by atomic mass is 35.5. The van der Waals surface area contributed by atoms with E-state index in [2.05, 4.69) is 9.97 Å². The summed E-state index contributed by atoms with van der Waals surface area (Å²) in [5.74, 6) is -1.58. The van der Waals surface area contributed by atoms with Gasteiger partial charge in [-0.25, -0.2) is 14.4 Å². The van der Waals surface area contributed by atoms with E-state index in [9.17, 15) is 9.18 Å². The van der Waals surface area contributed by atoms with E-state index in [1.54, 1.807) is 0 Å². The Balaban J connectivity index is 0.00000264. The second-order valence-electron chi connectivity index (χ2n) is 4.50. The van der Waals surface area contributed by atoms with Gasteiger partial charge in [-0.2, -0.15) is 0 Å². The fourth-order valence-corrected chi connectivity index (χ4v) is 1.93. The van der Waals surface area contributed by atoms with Gasteiger partial charge in [-0.15, -0.1) is 12.4 Å². The first kappa shape index (κ1) is 19.1. The third-order valence-corrected chi connectivity index (χ3v) is 3.30. The van der Waals surface area contributed by atoms with E-state index in [1.807, 2.05) is 6.92 Å². The van der Waals surface area contributed by atoms with Crippen LogP contribution >= 0.6 is 24.0 Å². The number of rotatable bonds is 5. The Morgan fingerprint density at radius 2 is 2.09 bits per heavy atom. The Labute approximate surface area is 143 Å². The predicted molar refractivity (Wildman–Crippen MR) is 86.5 cm³/mol. The number of amides is 1. The first-order chi connectivity index (χ1) is 10.4. The van der Waals surface area contributed by atoms with Crippen LogP contribution in [0.15, 0.2) is 24.5 Å². The van der Waals surface area contributed by atoms with Gasteiger partial charge in [-0.05, 0) is 12.5 Å². The first-order valence-corrected chi connectivity index (χ1v) is 6.85. The quantitative estimate of drug-likeness (QED) is 0.852. The lowest BCUT2D eigenvalue weighted by Gasteiger charge is -2.14. The molecule has 2 aromatic rings. The maximum Gasteiger partial charge on any atom is 0.268 e. The lowest BCUT2D eigenvalue weighted by molar-refractivity contribution is 0.0995. The van der Waals surface area contributed by atoms with Gasteiger partial charge in [0.25, 0.3) is 5.91 Å². The zero-order chi connectivity index (χ0) is 16.3. The summed E-state index contributed by atoms with van der Waals surface area (Å²) in [6, 6.07) is 2.54. The Morgan fingerprint density at radius 3 is 2.61 bits per heavy atom. The minimum Gasteiger partial charge on any atom is -0.433 e. The van der Waals surface area contributed by atoms with Crippen molar-refractivity contribution in [3.63, 3.8) is 0 Å². The molecule has 0 bridgehead atoms. The molecule has 0 aliphatic heterocycles. The number of ether oxygens (including phenoxy) is 1. The van der Waals surface area contributed by atoms with Gasteiger partial charge in [0.2, 0.25) is 5.88 Å². The number of hydrogen-bond acceptors (Lipinski definition) is 5. The van der Waals surface area contributed by atoms with Crippen molar-refractivity contribution < 1.29 is 13.9 Å². The molecule has 9 heteroatoms. The highest BCUT2D eigenvalue weighted by Gasteiger charge is 2.19. The molecule has 124 valence electrons. The van der Waals surface area contributed by atoms with Crippen LogP contribution in [-0.2, 0) is 0 Å². The molecule has 0 radical (unpaired) electrons. The molecule has 0 aliphatic rings. The maximum absolute atomic E-state index is 14.5. The Kier molecular flexibility index (Phi) is 6.68. The van der Waals surface area contributed by atoms with E-state index in [-0.39, 0.29) is 34.8 Å². The molecule has 1 aromatic heterocycles. The lowest BCUT2D eigenvalue weighted by Crippen LogP contribution is -2.13. The minimum atomic E-state index is -0.723. The van der Waals surface area contributed by atoms with Crippen LogP contribution in [0, 0.1) is 5.82 Å². The van der Waals surface area contributed by atoms with Crippen LogP contribution in [0.1, 0.15) is 35.4 Å². The maximum atomic E-state index is 14.5. The molecule has 23 heavy (non-hydrogen) atoms. The molecule has 0 unspecified atom stereocenters. The van der Waals surface area contributed by atoms with Gasteiger partial charge in [0.1, 0.15) is 5.69 Å². The van der Waals surface area contributed by atoms with Crippen LogP contribution < -0.4 is 16.2 Å². The Morgan fingerprint density at radius 1 is 1.39 bits per heavy atom. The van der Waals surface area contributed by atoms with Crippen molar-refractivity contribution in [2.45, 2.75) is 19.4 Å². The molecule has 6 nitrogen and oxygen atoms in total. The van der Waals surface area contributed by atoms with E-state index >= 15 is 0 Å². The Bertz CT molecular complexity index is 698. The third kappa shape index (κ3) is 4.28. The van der Waals surface area contributed by atoms with Crippen LogP contribution in [0.4, 0.5) is 4.39 Å². The summed E-state index contributed by atoms with van der Waals surface area (Å²) in [6.45, 7) is 1.84. The zero-order valence-electron chi connectivity index (χ0n) is 12.1. The largest absolute Gasteiger partial charge is 0.433 e. The van der Waals surface area contributed by atoms with Crippen LogP contribution in [0.2, 0.25) is 5.02 Å². The molecule has 1 amide bonds. The lowest BCUT2D eigenvalue weighted by atomic mass is 10.0. The fourth-order valence-electron chi connectivity index (χ4n) is 1.75. The normalized spacial score (nSPS) is 11.5. The number of halogens is 3. The molecule has 0 spiro atoms. The van der Waals surface area contributed by atoms with Crippen molar-refractivity contribution in [2.24, 2.45) is 11.5 Å². The molecule has 0 saturated heterocycles. The zero-order valence-corrected chi connectivity index (χ0v) is 13.7. The molecular weight excluding hydrogens is 346 g/mol. The van der Waals surface area contributed by atoms with Crippen molar-refractivity contribution in [1.29, 1.82) is 0 Å². The minimum absolute atomic E-state index is 0.